The number of rotatable bonds is 2. The Bertz CT molecular complexity index is 978. The maximum absolute atomic E-state index is 12.3. The Kier molecular flexibility index (Phi) is 3.92. The highest BCUT2D eigenvalue weighted by atomic mass is 79.9. The maximum atomic E-state index is 12.3. The molecule has 132 valence electrons. The molecule has 1 atom stereocenters. The summed E-state index contributed by atoms with van der Waals surface area (Å²) < 4.78 is 12.8. The summed E-state index contributed by atoms with van der Waals surface area (Å²) in [6.45, 7) is 5.16. The average Bonchev–Trinajstić information content (AvgIpc) is 2.92. The van der Waals surface area contributed by atoms with Gasteiger partial charge in [0.05, 0.1) is 10.2 Å². The van der Waals surface area contributed by atoms with Crippen LogP contribution in [0.3, 0.4) is 0 Å². The van der Waals surface area contributed by atoms with E-state index in [0.29, 0.717) is 22.8 Å². The Morgan fingerprint density at radius 1 is 1.12 bits per heavy atom. The second-order valence-electron chi connectivity index (χ2n) is 6.51. The number of nitrogens with one attached hydrogen (secondary N) is 1. The SMILES string of the molecule is CC(=O)C1=C(C)OC(C)=C[C@@]12Nc1cc(-c3ccccc3)cc(Br)c1O2. The van der Waals surface area contributed by atoms with Gasteiger partial charge >= 0.3 is 0 Å². The molecule has 0 unspecified atom stereocenters. The summed E-state index contributed by atoms with van der Waals surface area (Å²) in [5.41, 5.74) is 2.43. The van der Waals surface area contributed by atoms with Crippen LogP contribution < -0.4 is 10.1 Å². The molecule has 5 heteroatoms. The molecule has 0 bridgehead atoms. The summed E-state index contributed by atoms with van der Waals surface area (Å²) in [6, 6.07) is 14.2. The van der Waals surface area contributed by atoms with E-state index in [1.54, 1.807) is 6.92 Å². The lowest BCUT2D eigenvalue weighted by Crippen LogP contribution is -2.45. The lowest BCUT2D eigenvalue weighted by atomic mass is 9.95. The molecule has 2 aliphatic heterocycles. The van der Waals surface area contributed by atoms with Gasteiger partial charge in [0.25, 0.3) is 0 Å². The highest BCUT2D eigenvalue weighted by molar-refractivity contribution is 9.10. The first-order valence-corrected chi connectivity index (χ1v) is 9.15. The Hall–Kier alpha value is -2.53. The third-order valence-corrected chi connectivity index (χ3v) is 5.12. The Morgan fingerprint density at radius 2 is 1.85 bits per heavy atom. The van der Waals surface area contributed by atoms with E-state index in [2.05, 4.69) is 33.4 Å². The van der Waals surface area contributed by atoms with E-state index in [4.69, 9.17) is 9.47 Å². The van der Waals surface area contributed by atoms with Gasteiger partial charge in [-0.15, -0.1) is 0 Å². The first-order chi connectivity index (χ1) is 12.4. The fraction of sp³-hybridized carbons (Fsp3) is 0.190. The third kappa shape index (κ3) is 2.63. The van der Waals surface area contributed by atoms with E-state index in [1.807, 2.05) is 43.3 Å². The molecule has 2 heterocycles. The summed E-state index contributed by atoms with van der Waals surface area (Å²) in [6.07, 6.45) is 1.81. The quantitative estimate of drug-likeness (QED) is 0.716. The number of ether oxygens (including phenoxy) is 2. The Morgan fingerprint density at radius 3 is 2.54 bits per heavy atom. The minimum absolute atomic E-state index is 0.0917. The molecule has 0 amide bonds. The van der Waals surface area contributed by atoms with Crippen molar-refractivity contribution in [1.82, 2.24) is 0 Å². The van der Waals surface area contributed by atoms with Crippen molar-refractivity contribution in [2.24, 2.45) is 0 Å². The summed E-state index contributed by atoms with van der Waals surface area (Å²) in [5, 5.41) is 3.41. The number of carbonyl (C=O) groups excluding carboxylic acids is 1. The van der Waals surface area contributed by atoms with E-state index in [9.17, 15) is 4.79 Å². The van der Waals surface area contributed by atoms with E-state index >= 15 is 0 Å². The van der Waals surface area contributed by atoms with Gasteiger partial charge in [-0.05, 0) is 60.0 Å². The van der Waals surface area contributed by atoms with Crippen LogP contribution in [0.1, 0.15) is 20.8 Å². The van der Waals surface area contributed by atoms with Gasteiger partial charge in [-0.25, -0.2) is 0 Å². The first kappa shape index (κ1) is 16.9. The maximum Gasteiger partial charge on any atom is 0.237 e. The van der Waals surface area contributed by atoms with Crippen LogP contribution in [-0.2, 0) is 9.53 Å². The van der Waals surface area contributed by atoms with E-state index in [0.717, 1.165) is 21.3 Å². The summed E-state index contributed by atoms with van der Waals surface area (Å²) in [5.74, 6) is 1.83. The highest BCUT2D eigenvalue weighted by Crippen LogP contribution is 2.49. The number of Topliss-reactive ketones (excluding diaryl/α,β-unsaturated/α-hetero) is 1. The van der Waals surface area contributed by atoms with Crippen LogP contribution in [0.15, 0.2) is 70.1 Å². The number of hydrogen-bond donors (Lipinski definition) is 1. The van der Waals surface area contributed by atoms with Crippen LogP contribution in [0.25, 0.3) is 11.1 Å². The van der Waals surface area contributed by atoms with Crippen molar-refractivity contribution in [3.05, 3.63) is 70.1 Å². The van der Waals surface area contributed by atoms with Crippen molar-refractivity contribution in [2.75, 3.05) is 5.32 Å². The first-order valence-electron chi connectivity index (χ1n) is 8.35. The molecule has 2 aromatic rings. The average molecular weight is 412 g/mol. The fourth-order valence-corrected chi connectivity index (χ4v) is 4.15. The molecule has 26 heavy (non-hydrogen) atoms. The number of benzene rings is 2. The smallest absolute Gasteiger partial charge is 0.237 e. The minimum atomic E-state index is -1.04. The Balaban J connectivity index is 1.83. The molecule has 2 aromatic carbocycles. The zero-order valence-electron chi connectivity index (χ0n) is 14.7. The molecule has 0 radical (unpaired) electrons. The van der Waals surface area contributed by atoms with Gasteiger partial charge < -0.3 is 14.8 Å². The van der Waals surface area contributed by atoms with Gasteiger partial charge in [-0.2, -0.15) is 0 Å². The molecule has 4 nitrogen and oxygen atoms in total. The van der Waals surface area contributed by atoms with Gasteiger partial charge in [0, 0.05) is 6.08 Å². The number of anilines is 1. The van der Waals surface area contributed by atoms with Crippen LogP contribution in [0.4, 0.5) is 5.69 Å². The van der Waals surface area contributed by atoms with Crippen molar-refractivity contribution in [3.8, 4) is 16.9 Å². The lowest BCUT2D eigenvalue weighted by Gasteiger charge is -2.32. The molecular weight excluding hydrogens is 394 g/mol. The van der Waals surface area contributed by atoms with Crippen molar-refractivity contribution >= 4 is 27.4 Å². The monoisotopic (exact) mass is 411 g/mol. The lowest BCUT2D eigenvalue weighted by molar-refractivity contribution is -0.115. The third-order valence-electron chi connectivity index (χ3n) is 4.53. The van der Waals surface area contributed by atoms with Crippen LogP contribution >= 0.6 is 15.9 Å². The molecule has 2 aliphatic rings. The number of carbonyl (C=O) groups is 1. The summed E-state index contributed by atoms with van der Waals surface area (Å²) in [7, 11) is 0. The second kappa shape index (κ2) is 6.02. The molecule has 0 saturated carbocycles. The van der Waals surface area contributed by atoms with Gasteiger partial charge in [0.15, 0.2) is 11.5 Å². The van der Waals surface area contributed by atoms with Crippen molar-refractivity contribution < 1.29 is 14.3 Å². The molecule has 4 rings (SSSR count). The van der Waals surface area contributed by atoms with E-state index in [-0.39, 0.29) is 5.78 Å². The number of ketones is 1. The fourth-order valence-electron chi connectivity index (χ4n) is 3.60. The number of allylic oxidation sites excluding steroid dienone is 2. The number of halogens is 1. The van der Waals surface area contributed by atoms with Gasteiger partial charge in [0.2, 0.25) is 5.72 Å². The molecule has 1 spiro atoms. The van der Waals surface area contributed by atoms with Crippen molar-refractivity contribution in [3.63, 3.8) is 0 Å². The molecule has 1 N–H and O–H groups in total. The van der Waals surface area contributed by atoms with Gasteiger partial charge in [-0.3, -0.25) is 4.79 Å². The summed E-state index contributed by atoms with van der Waals surface area (Å²) in [4.78, 5) is 12.3. The van der Waals surface area contributed by atoms with Crippen LogP contribution in [0.2, 0.25) is 0 Å². The Labute approximate surface area is 160 Å². The van der Waals surface area contributed by atoms with Crippen LogP contribution in [-0.4, -0.2) is 11.5 Å². The van der Waals surface area contributed by atoms with Crippen LogP contribution in [0, 0.1) is 0 Å². The minimum Gasteiger partial charge on any atom is -0.466 e. The van der Waals surface area contributed by atoms with Crippen LogP contribution in [0.5, 0.6) is 5.75 Å². The zero-order chi connectivity index (χ0) is 18.5. The molecular formula is C21H18BrNO3. The highest BCUT2D eigenvalue weighted by Gasteiger charge is 2.47. The largest absolute Gasteiger partial charge is 0.466 e. The molecule has 0 aliphatic carbocycles. The number of fused-ring (bicyclic) bond motifs is 1. The topological polar surface area (TPSA) is 47.6 Å². The normalized spacial score (nSPS) is 20.8. The van der Waals surface area contributed by atoms with E-state index in [1.165, 1.54) is 6.92 Å². The predicted molar refractivity (Wildman–Crippen MR) is 105 cm³/mol. The van der Waals surface area contributed by atoms with Crippen molar-refractivity contribution in [1.29, 1.82) is 0 Å². The predicted octanol–water partition coefficient (Wildman–Crippen LogP) is 5.41. The molecule has 0 saturated heterocycles. The molecule has 0 fully saturated rings. The van der Waals surface area contributed by atoms with Gasteiger partial charge in [0.1, 0.15) is 17.1 Å². The second-order valence-corrected chi connectivity index (χ2v) is 7.36. The van der Waals surface area contributed by atoms with Gasteiger partial charge in [-0.1, -0.05) is 30.3 Å². The van der Waals surface area contributed by atoms with E-state index < -0.39 is 5.72 Å². The number of hydrogen-bond acceptors (Lipinski definition) is 4. The zero-order valence-corrected chi connectivity index (χ0v) is 16.3. The molecule has 0 aromatic heterocycles. The standard InChI is InChI=1S/C21H18BrNO3/c1-12-11-21(19(13(2)24)14(3)25-12)23-18-10-16(9-17(22)20(18)26-21)15-7-5-4-6-8-15/h4-11,23H,1-3H3/t21-/m0/s1. The summed E-state index contributed by atoms with van der Waals surface area (Å²) >= 11 is 3.61. The van der Waals surface area contributed by atoms with Crippen molar-refractivity contribution in [2.45, 2.75) is 26.5 Å².